The normalized spacial score (nSPS) is 27.1. The Kier molecular flexibility index (Phi) is 12.1. The van der Waals surface area contributed by atoms with E-state index in [9.17, 15) is 19.2 Å². The number of aromatic nitrogens is 4. The van der Waals surface area contributed by atoms with Crippen LogP contribution in [0, 0.1) is 5.92 Å². The lowest BCUT2D eigenvalue weighted by Gasteiger charge is -2.48. The number of amides is 5. The Bertz CT molecular complexity index is 2780. The van der Waals surface area contributed by atoms with Gasteiger partial charge in [0.15, 0.2) is 5.82 Å². The standard InChI is InChI=1S/C55H68FN11O5/c1-34(2)66-33-58-44-30-43(60-49(48(44)66)59-38-9-10-38)36-7-12-42-45(27-36)67(40-28-39(29-40)62-20-4-3-5-21-62)52(71)54(42)18-25-64(26-19-54)53(72)55(56)17-6-22-65(32-55)51(70)35-15-23-63(24-16-35)46-13-8-37(31-57-46)41-11-14-47(68)61-50(41)69/h7-8,12-13,27,30-31,33-35,38-41H,3-6,9-11,14-26,28-29,32H2,1-2H3,(H,59,60)(H,61,68,69)/t39?,40?,41-,55?/m1/s1. The summed E-state index contributed by atoms with van der Waals surface area (Å²) in [6, 6.07) is 13.4. The van der Waals surface area contributed by atoms with E-state index in [1.807, 2.05) is 18.5 Å². The lowest BCUT2D eigenvalue weighted by Crippen LogP contribution is -2.61. The van der Waals surface area contributed by atoms with Crippen LogP contribution >= 0.6 is 0 Å². The van der Waals surface area contributed by atoms with Gasteiger partial charge in [0.25, 0.3) is 5.91 Å². The molecule has 3 aromatic heterocycles. The maximum Gasteiger partial charge on any atom is 0.262 e. The summed E-state index contributed by atoms with van der Waals surface area (Å²) in [4.78, 5) is 92.5. The van der Waals surface area contributed by atoms with Crippen LogP contribution < -0.4 is 20.4 Å². The number of imide groups is 1. The SMILES string of the molecule is CC(C)n1cnc2cc(-c3ccc4c(c3)N(C3CC(N5CCCCC5)C3)C(=O)C43CCN(C(=O)C4(F)CCCN(C(=O)C5CCN(c6ccc([C@H]7CCC(=O)NC7=O)cn6)CC5)C4)CC3)nc(NC3CC3)c21. The monoisotopic (exact) mass is 982 g/mol. The first-order valence-corrected chi connectivity index (χ1v) is 27.0. The average Bonchev–Trinajstić information content (AvgIpc) is 4.05. The number of fused-ring (bicyclic) bond motifs is 3. The molecule has 12 rings (SSSR count). The van der Waals surface area contributed by atoms with Crippen LogP contribution in [0.15, 0.2) is 48.9 Å². The second-order valence-corrected chi connectivity index (χ2v) is 22.6. The molecule has 5 amide bonds. The number of piperidine rings is 5. The van der Waals surface area contributed by atoms with Crippen LogP contribution in [0.2, 0.25) is 0 Å². The van der Waals surface area contributed by atoms with Crippen LogP contribution in [0.4, 0.5) is 21.7 Å². The van der Waals surface area contributed by atoms with E-state index in [-0.39, 0.29) is 67.7 Å². The maximum atomic E-state index is 17.2. The fraction of sp³-hybridized carbons (Fsp3) is 0.600. The molecule has 2 aliphatic carbocycles. The van der Waals surface area contributed by atoms with E-state index in [1.165, 1.54) is 19.3 Å². The minimum atomic E-state index is -2.20. The van der Waals surface area contributed by atoms with E-state index < -0.39 is 22.9 Å². The summed E-state index contributed by atoms with van der Waals surface area (Å²) >= 11 is 0. The first kappa shape index (κ1) is 47.1. The van der Waals surface area contributed by atoms with Gasteiger partial charge in [-0.05, 0) is 140 Å². The van der Waals surface area contributed by atoms with Crippen molar-refractivity contribution in [1.29, 1.82) is 0 Å². The Labute approximate surface area is 420 Å². The second kappa shape index (κ2) is 18.5. The van der Waals surface area contributed by atoms with Crippen molar-refractivity contribution in [1.82, 2.24) is 39.5 Å². The molecule has 4 aromatic rings. The number of nitrogens with zero attached hydrogens (tertiary/aromatic N) is 9. The molecule has 6 aliphatic heterocycles. The Morgan fingerprint density at radius 3 is 2.31 bits per heavy atom. The highest BCUT2D eigenvalue weighted by Gasteiger charge is 2.57. The summed E-state index contributed by atoms with van der Waals surface area (Å²) in [5.74, 6) is -0.237. The van der Waals surface area contributed by atoms with Gasteiger partial charge in [-0.2, -0.15) is 0 Å². The van der Waals surface area contributed by atoms with Gasteiger partial charge in [0, 0.05) is 86.7 Å². The van der Waals surface area contributed by atoms with Gasteiger partial charge in [0.05, 0.1) is 35.4 Å². The Morgan fingerprint density at radius 2 is 1.60 bits per heavy atom. The van der Waals surface area contributed by atoms with Gasteiger partial charge in [-0.15, -0.1) is 0 Å². The van der Waals surface area contributed by atoms with Gasteiger partial charge < -0.3 is 34.4 Å². The van der Waals surface area contributed by atoms with Crippen LogP contribution in [0.25, 0.3) is 22.3 Å². The molecule has 9 heterocycles. The third-order valence-corrected chi connectivity index (χ3v) is 17.7. The van der Waals surface area contributed by atoms with E-state index in [0.29, 0.717) is 76.7 Å². The fourth-order valence-corrected chi connectivity index (χ4v) is 13.2. The van der Waals surface area contributed by atoms with Crippen LogP contribution in [0.5, 0.6) is 0 Å². The van der Waals surface area contributed by atoms with Crippen LogP contribution in [-0.2, 0) is 29.4 Å². The number of likely N-dealkylation sites (tertiary alicyclic amines) is 3. The van der Waals surface area contributed by atoms with E-state index >= 15 is 9.18 Å². The number of nitrogens with one attached hydrogen (secondary N) is 2. The quantitative estimate of drug-likeness (QED) is 0.164. The van der Waals surface area contributed by atoms with Crippen LogP contribution in [0.1, 0.15) is 133 Å². The van der Waals surface area contributed by atoms with Crippen molar-refractivity contribution in [2.45, 2.75) is 151 Å². The number of carbonyl (C=O) groups excluding carboxylic acids is 5. The van der Waals surface area contributed by atoms with Gasteiger partial charge in [-0.3, -0.25) is 29.3 Å². The lowest BCUT2D eigenvalue weighted by atomic mass is 9.73. The summed E-state index contributed by atoms with van der Waals surface area (Å²) in [6.45, 7) is 8.40. The minimum Gasteiger partial charge on any atom is -0.366 e. The zero-order valence-corrected chi connectivity index (χ0v) is 41.8. The number of halogens is 1. The predicted octanol–water partition coefficient (Wildman–Crippen LogP) is 6.64. The molecule has 1 spiro atoms. The molecular weight excluding hydrogens is 914 g/mol. The highest BCUT2D eigenvalue weighted by atomic mass is 19.1. The molecule has 16 nitrogen and oxygen atoms in total. The Balaban J connectivity index is 0.730. The third kappa shape index (κ3) is 8.40. The molecule has 2 atom stereocenters. The molecule has 0 bridgehead atoms. The first-order valence-electron chi connectivity index (χ1n) is 27.0. The predicted molar refractivity (Wildman–Crippen MR) is 271 cm³/mol. The number of pyridine rings is 2. The highest BCUT2D eigenvalue weighted by molar-refractivity contribution is 6.10. The van der Waals surface area contributed by atoms with E-state index in [1.54, 1.807) is 16.0 Å². The molecule has 1 unspecified atom stereocenters. The molecule has 2 N–H and O–H groups in total. The number of alkyl halides is 1. The fourth-order valence-electron chi connectivity index (χ4n) is 13.2. The molecule has 0 radical (unpaired) electrons. The highest BCUT2D eigenvalue weighted by Crippen LogP contribution is 2.53. The summed E-state index contributed by atoms with van der Waals surface area (Å²) in [6.07, 6.45) is 14.6. The van der Waals surface area contributed by atoms with E-state index in [4.69, 9.17) is 9.97 Å². The number of imidazole rings is 1. The molecule has 5 saturated heterocycles. The third-order valence-electron chi connectivity index (χ3n) is 17.7. The smallest absolute Gasteiger partial charge is 0.262 e. The lowest BCUT2D eigenvalue weighted by molar-refractivity contribution is -0.155. The Hall–Kier alpha value is -5.97. The zero-order valence-electron chi connectivity index (χ0n) is 41.8. The van der Waals surface area contributed by atoms with E-state index in [2.05, 4.69) is 73.0 Å². The van der Waals surface area contributed by atoms with Gasteiger partial charge in [0.2, 0.25) is 29.3 Å². The molecule has 8 aliphatic rings. The number of benzene rings is 1. The molecular formula is C55H68FN11O5. The summed E-state index contributed by atoms with van der Waals surface area (Å²) in [5.41, 5.74) is 3.28. The second-order valence-electron chi connectivity index (χ2n) is 22.6. The van der Waals surface area contributed by atoms with Crippen molar-refractivity contribution in [2.24, 2.45) is 5.92 Å². The molecule has 7 fully saturated rings. The molecule has 72 heavy (non-hydrogen) atoms. The number of anilines is 3. The van der Waals surface area contributed by atoms with Gasteiger partial charge in [0.1, 0.15) is 11.3 Å². The van der Waals surface area contributed by atoms with Crippen molar-refractivity contribution in [3.05, 3.63) is 60.0 Å². The van der Waals surface area contributed by atoms with Crippen molar-refractivity contribution in [3.63, 3.8) is 0 Å². The van der Waals surface area contributed by atoms with Crippen LogP contribution in [0.3, 0.4) is 0 Å². The van der Waals surface area contributed by atoms with Gasteiger partial charge in [-0.25, -0.2) is 19.3 Å². The number of hydrogen-bond donors (Lipinski definition) is 2. The zero-order chi connectivity index (χ0) is 49.5. The Morgan fingerprint density at radius 1 is 0.819 bits per heavy atom. The largest absolute Gasteiger partial charge is 0.366 e. The van der Waals surface area contributed by atoms with Gasteiger partial charge in [-0.1, -0.05) is 24.6 Å². The number of rotatable bonds is 10. The van der Waals surface area contributed by atoms with Crippen molar-refractivity contribution < 1.29 is 28.4 Å². The van der Waals surface area contributed by atoms with Crippen molar-refractivity contribution in [3.8, 4) is 11.3 Å². The number of carbonyl (C=O) groups is 5. The van der Waals surface area contributed by atoms with Crippen molar-refractivity contribution >= 4 is 57.9 Å². The molecule has 380 valence electrons. The number of hydrogen-bond acceptors (Lipinski definition) is 11. The van der Waals surface area contributed by atoms with Crippen LogP contribution in [-0.4, -0.2) is 140 Å². The molecule has 17 heteroatoms. The van der Waals surface area contributed by atoms with Crippen molar-refractivity contribution in [2.75, 3.05) is 67.5 Å². The summed E-state index contributed by atoms with van der Waals surface area (Å²) in [7, 11) is 0. The summed E-state index contributed by atoms with van der Waals surface area (Å²) < 4.78 is 19.4. The first-order chi connectivity index (χ1) is 34.9. The summed E-state index contributed by atoms with van der Waals surface area (Å²) in [5, 5.41) is 6.09. The van der Waals surface area contributed by atoms with E-state index in [0.717, 1.165) is 89.5 Å². The average molecular weight is 982 g/mol. The minimum absolute atomic E-state index is 0.0593. The van der Waals surface area contributed by atoms with Gasteiger partial charge >= 0.3 is 0 Å². The maximum absolute atomic E-state index is 17.2. The topological polar surface area (TPSA) is 169 Å². The molecule has 1 aromatic carbocycles. The molecule has 2 saturated carbocycles.